The Balaban J connectivity index is 1.71. The molecular weight excluding hydrogens is 358 g/mol. The van der Waals surface area contributed by atoms with Gasteiger partial charge in [-0.15, -0.1) is 0 Å². The second-order valence-corrected chi connectivity index (χ2v) is 15.4. The SMILES string of the molecule is CC(C)(C)OC(=O)N1CCC(OCC2(CCC(C)(C)[Si](C)(C)O)CC2)CC1. The van der Waals surface area contributed by atoms with Crippen LogP contribution in [0.4, 0.5) is 4.79 Å². The topological polar surface area (TPSA) is 59.0 Å². The Morgan fingerprint density at radius 1 is 1.15 bits per heavy atom. The summed E-state index contributed by atoms with van der Waals surface area (Å²) < 4.78 is 11.7. The van der Waals surface area contributed by atoms with Crippen molar-refractivity contribution in [1.82, 2.24) is 4.90 Å². The van der Waals surface area contributed by atoms with Crippen molar-refractivity contribution in [1.29, 1.82) is 0 Å². The summed E-state index contributed by atoms with van der Waals surface area (Å²) in [4.78, 5) is 24.5. The molecule has 0 atom stereocenters. The third kappa shape index (κ3) is 6.75. The fourth-order valence-corrected chi connectivity index (χ4v) is 4.09. The molecule has 0 aromatic heterocycles. The van der Waals surface area contributed by atoms with Gasteiger partial charge in [0.1, 0.15) is 5.60 Å². The van der Waals surface area contributed by atoms with Gasteiger partial charge < -0.3 is 19.2 Å². The van der Waals surface area contributed by atoms with E-state index in [0.717, 1.165) is 32.3 Å². The minimum absolute atomic E-state index is 0.0430. The van der Waals surface area contributed by atoms with Crippen molar-refractivity contribution >= 4 is 14.4 Å². The zero-order valence-corrected chi connectivity index (χ0v) is 19.6. The lowest BCUT2D eigenvalue weighted by atomic mass is 9.95. The molecule has 1 N–H and O–H groups in total. The van der Waals surface area contributed by atoms with Gasteiger partial charge >= 0.3 is 6.09 Å². The molecule has 2 aliphatic rings. The highest BCUT2D eigenvalue weighted by Gasteiger charge is 2.46. The minimum Gasteiger partial charge on any atom is -0.444 e. The van der Waals surface area contributed by atoms with E-state index in [1.165, 1.54) is 12.8 Å². The van der Waals surface area contributed by atoms with Crippen LogP contribution < -0.4 is 0 Å². The molecule has 1 amide bonds. The average Bonchev–Trinajstić information content (AvgIpc) is 3.29. The van der Waals surface area contributed by atoms with E-state index in [0.29, 0.717) is 18.5 Å². The Hall–Kier alpha value is -0.593. The number of amides is 1. The third-order valence-corrected chi connectivity index (χ3v) is 10.2. The Labute approximate surface area is 166 Å². The standard InChI is InChI=1S/C21H41NO4Si/c1-19(2,3)26-18(23)22-14-8-17(9-15-22)25-16-21(12-13-21)11-10-20(4,5)27(6,7)24/h17,24H,8-16H2,1-7H3. The molecule has 158 valence electrons. The van der Waals surface area contributed by atoms with Gasteiger partial charge in [-0.25, -0.2) is 4.79 Å². The molecule has 1 saturated carbocycles. The van der Waals surface area contributed by atoms with Gasteiger partial charge in [-0.2, -0.15) is 0 Å². The summed E-state index contributed by atoms with van der Waals surface area (Å²) in [5.74, 6) is 0. The highest BCUT2D eigenvalue weighted by Crippen LogP contribution is 2.54. The Bertz CT molecular complexity index is 509. The number of piperidine rings is 1. The largest absolute Gasteiger partial charge is 0.444 e. The predicted molar refractivity (Wildman–Crippen MR) is 111 cm³/mol. The monoisotopic (exact) mass is 399 g/mol. The summed E-state index contributed by atoms with van der Waals surface area (Å²) in [6.45, 7) is 16.5. The van der Waals surface area contributed by atoms with Crippen LogP contribution in [0.15, 0.2) is 0 Å². The number of hydrogen-bond donors (Lipinski definition) is 1. The molecule has 2 rings (SSSR count). The second kappa shape index (κ2) is 8.03. The van der Waals surface area contributed by atoms with Gasteiger partial charge in [-0.05, 0) is 82.8 Å². The number of hydrogen-bond acceptors (Lipinski definition) is 4. The predicted octanol–water partition coefficient (Wildman–Crippen LogP) is 4.94. The summed E-state index contributed by atoms with van der Waals surface area (Å²) >= 11 is 0. The third-order valence-electron chi connectivity index (χ3n) is 6.61. The Kier molecular flexibility index (Phi) is 6.75. The van der Waals surface area contributed by atoms with Crippen molar-refractivity contribution in [3.8, 4) is 0 Å². The molecule has 2 fully saturated rings. The fraction of sp³-hybridized carbons (Fsp3) is 0.952. The summed E-state index contributed by atoms with van der Waals surface area (Å²) in [5, 5.41) is 0.0430. The van der Waals surface area contributed by atoms with Gasteiger partial charge in [0.15, 0.2) is 8.32 Å². The van der Waals surface area contributed by atoms with Gasteiger partial charge in [0, 0.05) is 13.1 Å². The van der Waals surface area contributed by atoms with Crippen LogP contribution in [0.25, 0.3) is 0 Å². The molecule has 5 nitrogen and oxygen atoms in total. The maximum absolute atomic E-state index is 12.2. The van der Waals surface area contributed by atoms with Crippen LogP contribution in [0.1, 0.15) is 73.1 Å². The maximum Gasteiger partial charge on any atom is 0.410 e. The zero-order valence-electron chi connectivity index (χ0n) is 18.6. The van der Waals surface area contributed by atoms with Crippen LogP contribution >= 0.6 is 0 Å². The highest BCUT2D eigenvalue weighted by molar-refractivity contribution is 6.72. The second-order valence-electron chi connectivity index (χ2n) is 10.9. The van der Waals surface area contributed by atoms with E-state index >= 15 is 0 Å². The van der Waals surface area contributed by atoms with Crippen LogP contribution in [-0.2, 0) is 9.47 Å². The van der Waals surface area contributed by atoms with Crippen molar-refractivity contribution in [3.63, 3.8) is 0 Å². The normalized spacial score (nSPS) is 21.3. The Morgan fingerprint density at radius 3 is 2.15 bits per heavy atom. The van der Waals surface area contributed by atoms with E-state index in [4.69, 9.17) is 9.47 Å². The van der Waals surface area contributed by atoms with Gasteiger partial charge in [0.05, 0.1) is 12.7 Å². The smallest absolute Gasteiger partial charge is 0.410 e. The maximum atomic E-state index is 12.2. The van der Waals surface area contributed by atoms with Crippen LogP contribution in [0, 0.1) is 5.41 Å². The molecule has 1 heterocycles. The molecule has 0 bridgehead atoms. The van der Waals surface area contributed by atoms with E-state index in [9.17, 15) is 9.59 Å². The van der Waals surface area contributed by atoms with Crippen molar-refractivity contribution in [2.24, 2.45) is 5.41 Å². The first-order chi connectivity index (χ1) is 12.2. The molecule has 0 unspecified atom stereocenters. The molecule has 0 aromatic rings. The van der Waals surface area contributed by atoms with Gasteiger partial charge in [-0.3, -0.25) is 0 Å². The number of ether oxygens (including phenoxy) is 2. The number of nitrogens with zero attached hydrogens (tertiary/aromatic N) is 1. The fourth-order valence-electron chi connectivity index (χ4n) is 3.35. The van der Waals surface area contributed by atoms with Crippen LogP contribution in [0.5, 0.6) is 0 Å². The number of carbonyl (C=O) groups excluding carboxylic acids is 1. The van der Waals surface area contributed by atoms with Crippen molar-refractivity contribution in [3.05, 3.63) is 0 Å². The van der Waals surface area contributed by atoms with Gasteiger partial charge in [0.25, 0.3) is 0 Å². The number of rotatable bonds is 7. The summed E-state index contributed by atoms with van der Waals surface area (Å²) in [5.41, 5.74) is -0.109. The molecule has 1 saturated heterocycles. The van der Waals surface area contributed by atoms with E-state index in [1.54, 1.807) is 4.90 Å². The molecule has 0 radical (unpaired) electrons. The molecule has 1 aliphatic heterocycles. The van der Waals surface area contributed by atoms with Crippen LogP contribution in [-0.4, -0.2) is 55.5 Å². The van der Waals surface area contributed by atoms with Crippen molar-refractivity contribution in [2.45, 2.75) is 103 Å². The lowest BCUT2D eigenvalue weighted by Gasteiger charge is -2.37. The first-order valence-corrected chi connectivity index (χ1v) is 13.5. The number of carbonyl (C=O) groups is 1. The van der Waals surface area contributed by atoms with Gasteiger partial charge in [-0.1, -0.05) is 13.8 Å². The first-order valence-electron chi connectivity index (χ1n) is 10.6. The molecule has 6 heteroatoms. The van der Waals surface area contributed by atoms with E-state index in [1.807, 2.05) is 33.9 Å². The Morgan fingerprint density at radius 2 is 1.70 bits per heavy atom. The molecule has 1 aliphatic carbocycles. The van der Waals surface area contributed by atoms with E-state index < -0.39 is 13.9 Å². The summed E-state index contributed by atoms with van der Waals surface area (Å²) in [6, 6.07) is 0. The lowest BCUT2D eigenvalue weighted by Crippen LogP contribution is -2.43. The molecular formula is C21H41NO4Si. The summed E-state index contributed by atoms with van der Waals surface area (Å²) in [6.07, 6.45) is 6.52. The van der Waals surface area contributed by atoms with Crippen molar-refractivity contribution < 1.29 is 19.1 Å². The van der Waals surface area contributed by atoms with Crippen LogP contribution in [0.2, 0.25) is 18.1 Å². The average molecular weight is 400 g/mol. The quantitative estimate of drug-likeness (QED) is 0.616. The highest BCUT2D eigenvalue weighted by atomic mass is 28.4. The summed E-state index contributed by atoms with van der Waals surface area (Å²) in [7, 11) is -2.14. The van der Waals surface area contributed by atoms with E-state index in [2.05, 4.69) is 13.8 Å². The minimum atomic E-state index is -2.14. The van der Waals surface area contributed by atoms with Crippen LogP contribution in [0.3, 0.4) is 0 Å². The zero-order chi connectivity index (χ0) is 20.5. The van der Waals surface area contributed by atoms with Crippen molar-refractivity contribution in [2.75, 3.05) is 19.7 Å². The first kappa shape index (κ1) is 22.7. The molecule has 27 heavy (non-hydrogen) atoms. The van der Waals surface area contributed by atoms with E-state index in [-0.39, 0.29) is 17.2 Å². The number of likely N-dealkylation sites (tertiary alicyclic amines) is 1. The van der Waals surface area contributed by atoms with Gasteiger partial charge in [0.2, 0.25) is 0 Å². The molecule has 0 spiro atoms. The lowest BCUT2D eigenvalue weighted by molar-refractivity contribution is -0.0257. The molecule has 0 aromatic carbocycles.